The van der Waals surface area contributed by atoms with Crippen molar-refractivity contribution in [2.45, 2.75) is 26.2 Å². The molecule has 1 saturated heterocycles. The number of hydrogen-bond donors (Lipinski definition) is 0. The largest absolute Gasteiger partial charge is 0.346 e. The van der Waals surface area contributed by atoms with E-state index in [-0.39, 0.29) is 12.4 Å². The molecule has 1 aromatic rings. The lowest BCUT2D eigenvalue weighted by atomic mass is 10.1. The number of halogens is 1. The number of hydrogen-bond acceptors (Lipinski definition) is 2. The van der Waals surface area contributed by atoms with Crippen LogP contribution in [0.5, 0.6) is 0 Å². The van der Waals surface area contributed by atoms with Gasteiger partial charge in [0.25, 0.3) is 0 Å². The predicted molar refractivity (Wildman–Crippen MR) is 60.2 cm³/mol. The first-order valence-electron chi connectivity index (χ1n) is 5.10. The molecule has 15 heavy (non-hydrogen) atoms. The van der Waals surface area contributed by atoms with Gasteiger partial charge in [-0.1, -0.05) is 29.3 Å². The van der Waals surface area contributed by atoms with Crippen LogP contribution < -0.4 is 0 Å². The van der Waals surface area contributed by atoms with Crippen LogP contribution in [0.15, 0.2) is 18.2 Å². The van der Waals surface area contributed by atoms with Crippen LogP contribution >= 0.6 is 11.6 Å². The Bertz CT molecular complexity index is 331. The van der Waals surface area contributed by atoms with Gasteiger partial charge >= 0.3 is 0 Å². The number of alkyl halides is 1. The molecule has 2 atom stereocenters. The summed E-state index contributed by atoms with van der Waals surface area (Å²) in [6.07, 6.45) is -0.218. The summed E-state index contributed by atoms with van der Waals surface area (Å²) in [6.45, 7) is 4.73. The van der Waals surface area contributed by atoms with Crippen molar-refractivity contribution in [3.63, 3.8) is 0 Å². The van der Waals surface area contributed by atoms with Gasteiger partial charge in [-0.3, -0.25) is 0 Å². The third-order valence-electron chi connectivity index (χ3n) is 2.44. The van der Waals surface area contributed by atoms with Crippen LogP contribution in [0.2, 0.25) is 0 Å². The molecule has 1 fully saturated rings. The lowest BCUT2D eigenvalue weighted by Gasteiger charge is -2.12. The zero-order chi connectivity index (χ0) is 10.8. The number of aryl methyl sites for hydroxylation is 2. The highest BCUT2D eigenvalue weighted by molar-refractivity contribution is 6.18. The minimum absolute atomic E-state index is 0.0254. The maximum atomic E-state index is 5.72. The van der Waals surface area contributed by atoms with Crippen LogP contribution in [0.4, 0.5) is 0 Å². The van der Waals surface area contributed by atoms with Gasteiger partial charge in [0.2, 0.25) is 0 Å². The topological polar surface area (TPSA) is 18.5 Å². The second-order valence-corrected chi connectivity index (χ2v) is 4.31. The second-order valence-electron chi connectivity index (χ2n) is 4.00. The first kappa shape index (κ1) is 10.9. The molecule has 0 saturated carbocycles. The molecule has 82 valence electrons. The molecule has 2 rings (SSSR count). The van der Waals surface area contributed by atoms with Crippen molar-refractivity contribution in [2.24, 2.45) is 0 Å². The Morgan fingerprint density at radius 2 is 1.93 bits per heavy atom. The predicted octanol–water partition coefficient (Wildman–Crippen LogP) is 2.96. The molecule has 0 aliphatic carbocycles. The summed E-state index contributed by atoms with van der Waals surface area (Å²) >= 11 is 5.72. The third-order valence-corrected chi connectivity index (χ3v) is 2.78. The smallest absolute Gasteiger partial charge is 0.184 e. The maximum absolute atomic E-state index is 5.72. The fourth-order valence-corrected chi connectivity index (χ4v) is 2.01. The van der Waals surface area contributed by atoms with Crippen LogP contribution in [-0.4, -0.2) is 18.6 Å². The van der Waals surface area contributed by atoms with E-state index in [1.807, 2.05) is 0 Å². The van der Waals surface area contributed by atoms with E-state index < -0.39 is 0 Å². The quantitative estimate of drug-likeness (QED) is 0.722. The van der Waals surface area contributed by atoms with Crippen molar-refractivity contribution in [3.8, 4) is 0 Å². The number of rotatable bonds is 2. The van der Waals surface area contributed by atoms with Crippen molar-refractivity contribution < 1.29 is 9.47 Å². The van der Waals surface area contributed by atoms with Gasteiger partial charge in [0.1, 0.15) is 0 Å². The van der Waals surface area contributed by atoms with E-state index in [2.05, 4.69) is 32.0 Å². The Kier molecular flexibility index (Phi) is 3.29. The number of ether oxygens (including phenoxy) is 2. The summed E-state index contributed by atoms with van der Waals surface area (Å²) in [5.74, 6) is 0.487. The highest BCUT2D eigenvalue weighted by Crippen LogP contribution is 2.28. The fraction of sp³-hybridized carbons (Fsp3) is 0.500. The number of benzene rings is 1. The average molecular weight is 227 g/mol. The van der Waals surface area contributed by atoms with Crippen LogP contribution in [-0.2, 0) is 9.47 Å². The molecule has 3 heteroatoms. The Morgan fingerprint density at radius 3 is 2.47 bits per heavy atom. The minimum atomic E-state index is -0.243. The summed E-state index contributed by atoms with van der Waals surface area (Å²) in [7, 11) is 0. The van der Waals surface area contributed by atoms with Crippen molar-refractivity contribution in [1.29, 1.82) is 0 Å². The standard InChI is InChI=1S/C12H15ClO2/c1-8-3-9(2)5-10(4-8)12-14-7-11(6-13)15-12/h3-5,11-12H,6-7H2,1-2H3. The maximum Gasteiger partial charge on any atom is 0.184 e. The fourth-order valence-electron chi connectivity index (χ4n) is 1.85. The first-order chi connectivity index (χ1) is 7.19. The molecule has 0 bridgehead atoms. The van der Waals surface area contributed by atoms with E-state index >= 15 is 0 Å². The van der Waals surface area contributed by atoms with Gasteiger partial charge in [-0.2, -0.15) is 0 Å². The minimum Gasteiger partial charge on any atom is -0.346 e. The van der Waals surface area contributed by atoms with Gasteiger partial charge in [0, 0.05) is 5.56 Å². The molecule has 1 heterocycles. The van der Waals surface area contributed by atoms with Crippen LogP contribution in [0.3, 0.4) is 0 Å². The highest BCUT2D eigenvalue weighted by Gasteiger charge is 2.26. The van der Waals surface area contributed by atoms with Gasteiger partial charge in [0.05, 0.1) is 18.6 Å². The second kappa shape index (κ2) is 4.52. The van der Waals surface area contributed by atoms with Crippen molar-refractivity contribution >= 4 is 11.6 Å². The molecule has 0 amide bonds. The van der Waals surface area contributed by atoms with Gasteiger partial charge in [-0.25, -0.2) is 0 Å². The van der Waals surface area contributed by atoms with Gasteiger partial charge < -0.3 is 9.47 Å². The zero-order valence-electron chi connectivity index (χ0n) is 9.00. The van der Waals surface area contributed by atoms with Crippen LogP contribution in [0, 0.1) is 13.8 Å². The van der Waals surface area contributed by atoms with E-state index in [1.54, 1.807) is 0 Å². The SMILES string of the molecule is Cc1cc(C)cc(C2OCC(CCl)O2)c1. The van der Waals surface area contributed by atoms with E-state index in [4.69, 9.17) is 21.1 Å². The van der Waals surface area contributed by atoms with Gasteiger partial charge in [-0.15, -0.1) is 11.6 Å². The van der Waals surface area contributed by atoms with E-state index in [0.29, 0.717) is 12.5 Å². The highest BCUT2D eigenvalue weighted by atomic mass is 35.5. The summed E-state index contributed by atoms with van der Waals surface area (Å²) in [5.41, 5.74) is 3.54. The first-order valence-corrected chi connectivity index (χ1v) is 5.63. The molecule has 1 aliphatic rings. The molecule has 2 unspecified atom stereocenters. The summed E-state index contributed by atoms with van der Waals surface area (Å²) in [4.78, 5) is 0. The van der Waals surface area contributed by atoms with E-state index in [0.717, 1.165) is 5.56 Å². The average Bonchev–Trinajstić information content (AvgIpc) is 2.64. The zero-order valence-corrected chi connectivity index (χ0v) is 9.75. The third kappa shape index (κ3) is 2.51. The molecule has 1 aliphatic heterocycles. The lowest BCUT2D eigenvalue weighted by molar-refractivity contribution is -0.0567. The van der Waals surface area contributed by atoms with Crippen LogP contribution in [0.1, 0.15) is 23.0 Å². The summed E-state index contributed by atoms with van der Waals surface area (Å²) in [5, 5.41) is 0. The van der Waals surface area contributed by atoms with E-state index in [9.17, 15) is 0 Å². The van der Waals surface area contributed by atoms with Crippen molar-refractivity contribution in [3.05, 3.63) is 34.9 Å². The lowest BCUT2D eigenvalue weighted by Crippen LogP contribution is -2.10. The summed E-state index contributed by atoms with van der Waals surface area (Å²) in [6, 6.07) is 6.32. The van der Waals surface area contributed by atoms with Crippen molar-refractivity contribution in [2.75, 3.05) is 12.5 Å². The molecule has 0 aromatic heterocycles. The van der Waals surface area contributed by atoms with E-state index in [1.165, 1.54) is 11.1 Å². The molecular weight excluding hydrogens is 212 g/mol. The Morgan fingerprint density at radius 1 is 1.27 bits per heavy atom. The molecular formula is C12H15ClO2. The summed E-state index contributed by atoms with van der Waals surface area (Å²) < 4.78 is 11.2. The molecule has 1 aromatic carbocycles. The Balaban J connectivity index is 2.16. The molecule has 0 spiro atoms. The normalized spacial score (nSPS) is 25.8. The Labute approximate surface area is 95.1 Å². The monoisotopic (exact) mass is 226 g/mol. The van der Waals surface area contributed by atoms with Crippen LogP contribution in [0.25, 0.3) is 0 Å². The molecule has 0 N–H and O–H groups in total. The molecule has 0 radical (unpaired) electrons. The molecule has 2 nitrogen and oxygen atoms in total. The van der Waals surface area contributed by atoms with Gasteiger partial charge in [0.15, 0.2) is 6.29 Å². The van der Waals surface area contributed by atoms with Crippen molar-refractivity contribution in [1.82, 2.24) is 0 Å². The Hall–Kier alpha value is -0.570. The van der Waals surface area contributed by atoms with Gasteiger partial charge in [-0.05, 0) is 13.8 Å².